The van der Waals surface area contributed by atoms with Crippen molar-refractivity contribution >= 4 is 11.9 Å². The van der Waals surface area contributed by atoms with Gasteiger partial charge in [0.25, 0.3) is 5.91 Å². The van der Waals surface area contributed by atoms with Crippen molar-refractivity contribution in [2.24, 2.45) is 0 Å². The third-order valence-electron chi connectivity index (χ3n) is 3.49. The SMILES string of the molecule is Cc1ccc(C(=O)OCC(=O)NC[C@H]2CCCO2)c(C)c1. The molecule has 1 aromatic rings. The highest BCUT2D eigenvalue weighted by atomic mass is 16.5. The maximum Gasteiger partial charge on any atom is 0.338 e. The minimum atomic E-state index is -0.472. The minimum absolute atomic E-state index is 0.0870. The second kappa shape index (κ2) is 7.22. The number of hydrogen-bond acceptors (Lipinski definition) is 4. The van der Waals surface area contributed by atoms with Crippen molar-refractivity contribution in [3.05, 3.63) is 34.9 Å². The Morgan fingerprint density at radius 2 is 2.19 bits per heavy atom. The molecule has 0 spiro atoms. The van der Waals surface area contributed by atoms with Gasteiger partial charge < -0.3 is 14.8 Å². The number of carbonyl (C=O) groups excluding carboxylic acids is 2. The molecule has 1 aliphatic rings. The first-order valence-electron chi connectivity index (χ1n) is 7.19. The fraction of sp³-hybridized carbons (Fsp3) is 0.500. The lowest BCUT2D eigenvalue weighted by Crippen LogP contribution is -2.34. The topological polar surface area (TPSA) is 64.6 Å². The van der Waals surface area contributed by atoms with Gasteiger partial charge in [-0.25, -0.2) is 4.79 Å². The van der Waals surface area contributed by atoms with E-state index in [-0.39, 0.29) is 18.6 Å². The van der Waals surface area contributed by atoms with Crippen LogP contribution in [-0.4, -0.2) is 37.7 Å². The van der Waals surface area contributed by atoms with Crippen molar-refractivity contribution in [2.75, 3.05) is 19.8 Å². The number of esters is 1. The number of nitrogens with one attached hydrogen (secondary N) is 1. The summed E-state index contributed by atoms with van der Waals surface area (Å²) in [4.78, 5) is 23.5. The molecule has 2 rings (SSSR count). The second-order valence-corrected chi connectivity index (χ2v) is 5.33. The summed E-state index contributed by atoms with van der Waals surface area (Å²) in [6.45, 7) is 4.77. The quantitative estimate of drug-likeness (QED) is 0.840. The van der Waals surface area contributed by atoms with Gasteiger partial charge in [0, 0.05) is 13.2 Å². The predicted molar refractivity (Wildman–Crippen MR) is 78.2 cm³/mol. The van der Waals surface area contributed by atoms with E-state index in [1.54, 1.807) is 6.07 Å². The summed E-state index contributed by atoms with van der Waals surface area (Å²) in [5.41, 5.74) is 2.42. The summed E-state index contributed by atoms with van der Waals surface area (Å²) in [6.07, 6.45) is 2.08. The van der Waals surface area contributed by atoms with E-state index in [4.69, 9.17) is 9.47 Å². The highest BCUT2D eigenvalue weighted by Gasteiger charge is 2.17. The molecule has 0 unspecified atom stereocenters. The van der Waals surface area contributed by atoms with Crippen LogP contribution in [0.5, 0.6) is 0 Å². The van der Waals surface area contributed by atoms with Gasteiger partial charge in [0.1, 0.15) is 0 Å². The molecular formula is C16H21NO4. The molecule has 1 atom stereocenters. The lowest BCUT2D eigenvalue weighted by Gasteiger charge is -2.11. The van der Waals surface area contributed by atoms with E-state index in [0.717, 1.165) is 30.6 Å². The molecule has 1 N–H and O–H groups in total. The first-order chi connectivity index (χ1) is 10.1. The van der Waals surface area contributed by atoms with E-state index in [1.165, 1.54) is 0 Å². The minimum Gasteiger partial charge on any atom is -0.452 e. The van der Waals surface area contributed by atoms with Crippen molar-refractivity contribution in [3.63, 3.8) is 0 Å². The van der Waals surface area contributed by atoms with Crippen molar-refractivity contribution in [1.82, 2.24) is 5.32 Å². The summed E-state index contributed by atoms with van der Waals surface area (Å²) < 4.78 is 10.4. The first-order valence-corrected chi connectivity index (χ1v) is 7.19. The second-order valence-electron chi connectivity index (χ2n) is 5.33. The molecule has 0 radical (unpaired) electrons. The molecule has 114 valence electrons. The molecule has 21 heavy (non-hydrogen) atoms. The van der Waals surface area contributed by atoms with Crippen molar-refractivity contribution < 1.29 is 19.1 Å². The van der Waals surface area contributed by atoms with Gasteiger partial charge in [-0.1, -0.05) is 17.7 Å². The molecule has 1 aliphatic heterocycles. The molecule has 1 aromatic carbocycles. The fourth-order valence-corrected chi connectivity index (χ4v) is 2.34. The zero-order chi connectivity index (χ0) is 15.2. The molecule has 0 bridgehead atoms. The molecule has 1 saturated heterocycles. The number of ether oxygens (including phenoxy) is 2. The smallest absolute Gasteiger partial charge is 0.338 e. The standard InChI is InChI=1S/C16H21NO4/c1-11-5-6-14(12(2)8-11)16(19)21-10-15(18)17-9-13-4-3-7-20-13/h5-6,8,13H,3-4,7,9-10H2,1-2H3,(H,17,18)/t13-/m1/s1. The largest absolute Gasteiger partial charge is 0.452 e. The van der Waals surface area contributed by atoms with Gasteiger partial charge >= 0.3 is 5.97 Å². The van der Waals surface area contributed by atoms with Gasteiger partial charge in [-0.2, -0.15) is 0 Å². The van der Waals surface area contributed by atoms with Crippen molar-refractivity contribution in [1.29, 1.82) is 0 Å². The Hall–Kier alpha value is -1.88. The zero-order valence-electron chi connectivity index (χ0n) is 12.5. The van der Waals surface area contributed by atoms with E-state index < -0.39 is 5.97 Å². The number of benzene rings is 1. The summed E-state index contributed by atoms with van der Waals surface area (Å²) >= 11 is 0. The van der Waals surface area contributed by atoms with Crippen LogP contribution in [0.15, 0.2) is 18.2 Å². The molecule has 5 heteroatoms. The maximum atomic E-state index is 11.9. The van der Waals surface area contributed by atoms with Gasteiger partial charge in [0.05, 0.1) is 11.7 Å². The lowest BCUT2D eigenvalue weighted by atomic mass is 10.1. The highest BCUT2D eigenvalue weighted by Crippen LogP contribution is 2.12. The van der Waals surface area contributed by atoms with E-state index >= 15 is 0 Å². The summed E-state index contributed by atoms with van der Waals surface area (Å²) in [7, 11) is 0. The Balaban J connectivity index is 1.76. The van der Waals surface area contributed by atoms with Crippen molar-refractivity contribution in [3.8, 4) is 0 Å². The van der Waals surface area contributed by atoms with Crippen LogP contribution in [0.1, 0.15) is 34.3 Å². The number of aryl methyl sites for hydroxylation is 2. The van der Waals surface area contributed by atoms with Crippen LogP contribution < -0.4 is 5.32 Å². The number of carbonyl (C=O) groups is 2. The van der Waals surface area contributed by atoms with Gasteiger partial charge in [0.15, 0.2) is 6.61 Å². The lowest BCUT2D eigenvalue weighted by molar-refractivity contribution is -0.124. The number of amides is 1. The molecule has 1 fully saturated rings. The molecule has 5 nitrogen and oxygen atoms in total. The highest BCUT2D eigenvalue weighted by molar-refractivity contribution is 5.92. The molecule has 0 aliphatic carbocycles. The number of hydrogen-bond donors (Lipinski definition) is 1. The summed E-state index contributed by atoms with van der Waals surface area (Å²) in [5.74, 6) is -0.775. The summed E-state index contributed by atoms with van der Waals surface area (Å²) in [5, 5.41) is 2.71. The molecule has 1 amide bonds. The number of rotatable bonds is 5. The van der Waals surface area contributed by atoms with Gasteiger partial charge in [-0.3, -0.25) is 4.79 Å². The first kappa shape index (κ1) is 15.5. The molecule has 0 aromatic heterocycles. The van der Waals surface area contributed by atoms with E-state index in [1.807, 2.05) is 26.0 Å². The van der Waals surface area contributed by atoms with Crippen LogP contribution >= 0.6 is 0 Å². The Labute approximate surface area is 124 Å². The Kier molecular flexibility index (Phi) is 5.33. The van der Waals surface area contributed by atoms with E-state index in [2.05, 4.69) is 5.32 Å². The predicted octanol–water partition coefficient (Wildman–Crippen LogP) is 1.76. The fourth-order valence-electron chi connectivity index (χ4n) is 2.34. The maximum absolute atomic E-state index is 11.9. The van der Waals surface area contributed by atoms with Gasteiger partial charge in [-0.15, -0.1) is 0 Å². The van der Waals surface area contributed by atoms with Crippen LogP contribution in [0, 0.1) is 13.8 Å². The monoisotopic (exact) mass is 291 g/mol. The molecular weight excluding hydrogens is 270 g/mol. The average Bonchev–Trinajstić information content (AvgIpc) is 2.95. The van der Waals surface area contributed by atoms with Crippen LogP contribution in [0.2, 0.25) is 0 Å². The molecule has 0 saturated carbocycles. The normalized spacial score (nSPS) is 17.5. The van der Waals surface area contributed by atoms with E-state index in [0.29, 0.717) is 12.1 Å². The van der Waals surface area contributed by atoms with Gasteiger partial charge in [-0.05, 0) is 38.3 Å². The zero-order valence-corrected chi connectivity index (χ0v) is 12.5. The Bertz CT molecular complexity index is 521. The average molecular weight is 291 g/mol. The van der Waals surface area contributed by atoms with Crippen LogP contribution in [0.3, 0.4) is 0 Å². The Morgan fingerprint density at radius 3 is 2.86 bits per heavy atom. The molecule has 1 heterocycles. The third kappa shape index (κ3) is 4.56. The third-order valence-corrected chi connectivity index (χ3v) is 3.49. The van der Waals surface area contributed by atoms with Crippen LogP contribution in [0.25, 0.3) is 0 Å². The van der Waals surface area contributed by atoms with Gasteiger partial charge in [0.2, 0.25) is 0 Å². The van der Waals surface area contributed by atoms with E-state index in [9.17, 15) is 9.59 Å². The summed E-state index contributed by atoms with van der Waals surface area (Å²) in [6, 6.07) is 5.48. The van der Waals surface area contributed by atoms with Crippen LogP contribution in [0.4, 0.5) is 0 Å². The Morgan fingerprint density at radius 1 is 1.38 bits per heavy atom. The van der Waals surface area contributed by atoms with Crippen LogP contribution in [-0.2, 0) is 14.3 Å². The van der Waals surface area contributed by atoms with Crippen molar-refractivity contribution in [2.45, 2.75) is 32.8 Å².